The average Bonchev–Trinajstić information content (AvgIpc) is 2.66. The first-order chi connectivity index (χ1) is 8.63. The molecule has 2 rings (SSSR count). The van der Waals surface area contributed by atoms with Crippen molar-refractivity contribution in [2.24, 2.45) is 5.92 Å². The zero-order valence-electron chi connectivity index (χ0n) is 10.3. The number of rotatable bonds is 4. The van der Waals surface area contributed by atoms with Crippen molar-refractivity contribution in [2.75, 3.05) is 0 Å². The van der Waals surface area contributed by atoms with E-state index in [1.807, 2.05) is 0 Å². The molecule has 0 spiro atoms. The molecule has 2 aromatic heterocycles. The van der Waals surface area contributed by atoms with E-state index in [4.69, 9.17) is 23.2 Å². The molecule has 18 heavy (non-hydrogen) atoms. The molecule has 0 unspecified atom stereocenters. The first kappa shape index (κ1) is 13.3. The van der Waals surface area contributed by atoms with Gasteiger partial charge in [0.25, 0.3) is 0 Å². The van der Waals surface area contributed by atoms with E-state index in [1.165, 1.54) is 0 Å². The van der Waals surface area contributed by atoms with Crippen LogP contribution in [0.1, 0.15) is 25.1 Å². The number of hydrogen-bond acceptors (Lipinski definition) is 3. The van der Waals surface area contributed by atoms with Gasteiger partial charge in [0.1, 0.15) is 5.15 Å². The standard InChI is InChI=1S/C12H14Cl2N4/c1-8(2)5-10-9(6-13)12(14)18(17-10)11-7-15-3-4-16-11/h3-4,7-8H,5-6H2,1-2H3. The largest absolute Gasteiger partial charge is 0.259 e. The second-order valence-corrected chi connectivity index (χ2v) is 5.05. The Kier molecular flexibility index (Phi) is 4.19. The fourth-order valence-electron chi connectivity index (χ4n) is 1.71. The van der Waals surface area contributed by atoms with Crippen molar-refractivity contribution in [3.63, 3.8) is 0 Å². The molecule has 0 radical (unpaired) electrons. The van der Waals surface area contributed by atoms with Gasteiger partial charge in [-0.25, -0.2) is 9.67 Å². The van der Waals surface area contributed by atoms with E-state index in [0.29, 0.717) is 22.8 Å². The summed E-state index contributed by atoms with van der Waals surface area (Å²) in [4.78, 5) is 8.20. The summed E-state index contributed by atoms with van der Waals surface area (Å²) in [6.07, 6.45) is 5.68. The van der Waals surface area contributed by atoms with Gasteiger partial charge in [0.15, 0.2) is 5.82 Å². The Morgan fingerprint density at radius 2 is 2.11 bits per heavy atom. The Balaban J connectivity index is 2.47. The Morgan fingerprint density at radius 1 is 1.33 bits per heavy atom. The number of halogens is 2. The van der Waals surface area contributed by atoms with Gasteiger partial charge in [-0.15, -0.1) is 11.6 Å². The van der Waals surface area contributed by atoms with Crippen LogP contribution in [0.4, 0.5) is 0 Å². The highest BCUT2D eigenvalue weighted by molar-refractivity contribution is 6.31. The van der Waals surface area contributed by atoms with Crippen LogP contribution >= 0.6 is 23.2 Å². The molecule has 0 aromatic carbocycles. The number of nitrogens with zero attached hydrogens (tertiary/aromatic N) is 4. The molecule has 0 atom stereocenters. The second kappa shape index (κ2) is 5.67. The first-order valence-electron chi connectivity index (χ1n) is 5.72. The molecular formula is C12H14Cl2N4. The fraction of sp³-hybridized carbons (Fsp3) is 0.417. The predicted molar refractivity (Wildman–Crippen MR) is 72.3 cm³/mol. The van der Waals surface area contributed by atoms with Crippen molar-refractivity contribution in [3.8, 4) is 5.82 Å². The molecule has 96 valence electrons. The Bertz CT molecular complexity index is 522. The molecule has 6 heteroatoms. The summed E-state index contributed by atoms with van der Waals surface area (Å²) >= 11 is 12.2. The SMILES string of the molecule is CC(C)Cc1nn(-c2cnccn2)c(Cl)c1CCl. The minimum atomic E-state index is 0.348. The maximum Gasteiger partial charge on any atom is 0.173 e. The molecular weight excluding hydrogens is 271 g/mol. The van der Waals surface area contributed by atoms with Crippen molar-refractivity contribution >= 4 is 23.2 Å². The lowest BCUT2D eigenvalue weighted by Crippen LogP contribution is -2.02. The molecule has 0 aliphatic carbocycles. The predicted octanol–water partition coefficient (Wildman–Crippen LogP) is 3.25. The van der Waals surface area contributed by atoms with E-state index in [2.05, 4.69) is 28.9 Å². The van der Waals surface area contributed by atoms with Crippen LogP contribution in [0.15, 0.2) is 18.6 Å². The number of hydrogen-bond donors (Lipinski definition) is 0. The highest BCUT2D eigenvalue weighted by atomic mass is 35.5. The van der Waals surface area contributed by atoms with Gasteiger partial charge in [-0.1, -0.05) is 25.4 Å². The highest BCUT2D eigenvalue weighted by Gasteiger charge is 2.17. The van der Waals surface area contributed by atoms with Crippen LogP contribution in [-0.4, -0.2) is 19.7 Å². The summed E-state index contributed by atoms with van der Waals surface area (Å²) in [7, 11) is 0. The summed E-state index contributed by atoms with van der Waals surface area (Å²) in [6.45, 7) is 4.26. The Morgan fingerprint density at radius 3 is 2.67 bits per heavy atom. The molecule has 0 N–H and O–H groups in total. The second-order valence-electron chi connectivity index (χ2n) is 4.42. The van der Waals surface area contributed by atoms with Crippen LogP contribution in [-0.2, 0) is 12.3 Å². The molecule has 4 nitrogen and oxygen atoms in total. The number of alkyl halides is 1. The van der Waals surface area contributed by atoms with Crippen LogP contribution in [0.2, 0.25) is 5.15 Å². The smallest absolute Gasteiger partial charge is 0.173 e. The lowest BCUT2D eigenvalue weighted by molar-refractivity contribution is 0.625. The summed E-state index contributed by atoms with van der Waals surface area (Å²) in [5.74, 6) is 1.44. The van der Waals surface area contributed by atoms with Crippen molar-refractivity contribution in [3.05, 3.63) is 35.0 Å². The molecule has 0 saturated heterocycles. The summed E-state index contributed by atoms with van der Waals surface area (Å²) in [5.41, 5.74) is 1.80. The van der Waals surface area contributed by atoms with E-state index < -0.39 is 0 Å². The zero-order chi connectivity index (χ0) is 13.1. The third-order valence-corrected chi connectivity index (χ3v) is 3.16. The summed E-state index contributed by atoms with van der Waals surface area (Å²) in [5, 5.41) is 5.00. The van der Waals surface area contributed by atoms with Gasteiger partial charge in [0.2, 0.25) is 0 Å². The molecule has 0 saturated carbocycles. The van der Waals surface area contributed by atoms with Crippen LogP contribution in [0.3, 0.4) is 0 Å². The molecule has 0 aliphatic heterocycles. The third-order valence-electron chi connectivity index (χ3n) is 2.51. The van der Waals surface area contributed by atoms with E-state index in [-0.39, 0.29) is 0 Å². The normalized spacial score (nSPS) is 11.2. The van der Waals surface area contributed by atoms with Crippen molar-refractivity contribution in [2.45, 2.75) is 26.1 Å². The van der Waals surface area contributed by atoms with Gasteiger partial charge in [0, 0.05) is 18.0 Å². The van der Waals surface area contributed by atoms with Crippen molar-refractivity contribution in [1.29, 1.82) is 0 Å². The summed E-state index contributed by atoms with van der Waals surface area (Å²) < 4.78 is 1.59. The minimum Gasteiger partial charge on any atom is -0.259 e. The van der Waals surface area contributed by atoms with Gasteiger partial charge in [-0.05, 0) is 12.3 Å². The topological polar surface area (TPSA) is 43.6 Å². The van der Waals surface area contributed by atoms with Crippen molar-refractivity contribution in [1.82, 2.24) is 19.7 Å². The number of aromatic nitrogens is 4. The lowest BCUT2D eigenvalue weighted by atomic mass is 10.1. The molecule has 0 aliphatic rings. The quantitative estimate of drug-likeness (QED) is 0.810. The lowest BCUT2D eigenvalue weighted by Gasteiger charge is -2.02. The molecule has 2 aromatic rings. The van der Waals surface area contributed by atoms with Gasteiger partial charge in [-0.3, -0.25) is 4.98 Å². The van der Waals surface area contributed by atoms with Crippen LogP contribution in [0.5, 0.6) is 0 Å². The van der Waals surface area contributed by atoms with Crippen molar-refractivity contribution < 1.29 is 0 Å². The third kappa shape index (κ3) is 2.65. The van der Waals surface area contributed by atoms with E-state index in [0.717, 1.165) is 17.7 Å². The van der Waals surface area contributed by atoms with Crippen LogP contribution < -0.4 is 0 Å². The van der Waals surface area contributed by atoms with Gasteiger partial charge in [-0.2, -0.15) is 5.10 Å². The maximum absolute atomic E-state index is 6.30. The van der Waals surface area contributed by atoms with Gasteiger partial charge in [0.05, 0.1) is 17.8 Å². The molecule has 0 amide bonds. The Labute approximate surface area is 116 Å². The van der Waals surface area contributed by atoms with Crippen LogP contribution in [0, 0.1) is 5.92 Å². The van der Waals surface area contributed by atoms with E-state index in [1.54, 1.807) is 23.3 Å². The minimum absolute atomic E-state index is 0.348. The maximum atomic E-state index is 6.30. The summed E-state index contributed by atoms with van der Waals surface area (Å²) in [6, 6.07) is 0. The molecule has 0 bridgehead atoms. The molecule has 0 fully saturated rings. The average molecular weight is 285 g/mol. The van der Waals surface area contributed by atoms with Gasteiger partial charge < -0.3 is 0 Å². The first-order valence-corrected chi connectivity index (χ1v) is 6.63. The fourth-order valence-corrected chi connectivity index (χ4v) is 2.36. The monoisotopic (exact) mass is 284 g/mol. The molecule has 2 heterocycles. The Hall–Kier alpha value is -1.13. The van der Waals surface area contributed by atoms with Gasteiger partial charge >= 0.3 is 0 Å². The van der Waals surface area contributed by atoms with E-state index >= 15 is 0 Å². The van der Waals surface area contributed by atoms with E-state index in [9.17, 15) is 0 Å². The highest BCUT2D eigenvalue weighted by Crippen LogP contribution is 2.26. The zero-order valence-corrected chi connectivity index (χ0v) is 11.8. The van der Waals surface area contributed by atoms with Crippen LogP contribution in [0.25, 0.3) is 5.82 Å².